The first-order valence-corrected chi connectivity index (χ1v) is 8.99. The lowest BCUT2D eigenvalue weighted by Crippen LogP contribution is -2.33. The van der Waals surface area contributed by atoms with Gasteiger partial charge in [0.2, 0.25) is 0 Å². The molecule has 0 bridgehead atoms. The summed E-state index contributed by atoms with van der Waals surface area (Å²) in [6.07, 6.45) is 3.92. The van der Waals surface area contributed by atoms with E-state index in [1.54, 1.807) is 0 Å². The standard InChI is InChI=1S/C18H29NS/c1-5-12-19-17-10-11-18(14(17)4)20-16-8-6-15(7-9-16)13(2)3/h6-9,13-14,17-19H,5,10-12H2,1-4H3. The minimum absolute atomic E-state index is 0.627. The molecule has 1 aliphatic rings. The molecular formula is C18H29NS. The van der Waals surface area contributed by atoms with Crippen LogP contribution in [0, 0.1) is 5.92 Å². The Morgan fingerprint density at radius 2 is 1.90 bits per heavy atom. The van der Waals surface area contributed by atoms with Crippen molar-refractivity contribution >= 4 is 11.8 Å². The Bertz CT molecular complexity index is 398. The number of hydrogen-bond acceptors (Lipinski definition) is 2. The molecule has 0 amide bonds. The molecule has 1 N–H and O–H groups in total. The molecule has 1 saturated carbocycles. The van der Waals surface area contributed by atoms with Gasteiger partial charge in [-0.3, -0.25) is 0 Å². The van der Waals surface area contributed by atoms with Gasteiger partial charge in [0.1, 0.15) is 0 Å². The van der Waals surface area contributed by atoms with Crippen molar-refractivity contribution in [3.05, 3.63) is 29.8 Å². The first-order valence-electron chi connectivity index (χ1n) is 8.11. The first kappa shape index (κ1) is 15.9. The fourth-order valence-corrected chi connectivity index (χ4v) is 4.32. The highest BCUT2D eigenvalue weighted by Gasteiger charge is 2.32. The molecule has 3 unspecified atom stereocenters. The average Bonchev–Trinajstić information content (AvgIpc) is 2.78. The van der Waals surface area contributed by atoms with Gasteiger partial charge in [-0.1, -0.05) is 39.8 Å². The van der Waals surface area contributed by atoms with E-state index in [-0.39, 0.29) is 0 Å². The van der Waals surface area contributed by atoms with E-state index in [1.807, 2.05) is 0 Å². The third-order valence-electron chi connectivity index (χ3n) is 4.47. The van der Waals surface area contributed by atoms with Crippen LogP contribution in [0.15, 0.2) is 29.2 Å². The van der Waals surface area contributed by atoms with E-state index < -0.39 is 0 Å². The molecule has 0 radical (unpaired) electrons. The molecule has 1 aromatic rings. The van der Waals surface area contributed by atoms with E-state index in [1.165, 1.54) is 29.7 Å². The largest absolute Gasteiger partial charge is 0.314 e. The van der Waals surface area contributed by atoms with E-state index in [0.717, 1.165) is 23.8 Å². The van der Waals surface area contributed by atoms with Crippen molar-refractivity contribution in [1.29, 1.82) is 0 Å². The highest BCUT2D eigenvalue weighted by molar-refractivity contribution is 8.00. The minimum atomic E-state index is 0.627. The summed E-state index contributed by atoms with van der Waals surface area (Å²) < 4.78 is 0. The Morgan fingerprint density at radius 1 is 1.20 bits per heavy atom. The van der Waals surface area contributed by atoms with Gasteiger partial charge in [0.05, 0.1) is 0 Å². The summed E-state index contributed by atoms with van der Waals surface area (Å²) >= 11 is 2.08. The van der Waals surface area contributed by atoms with E-state index in [9.17, 15) is 0 Å². The quantitative estimate of drug-likeness (QED) is 0.785. The lowest BCUT2D eigenvalue weighted by atomic mass is 10.0. The fourth-order valence-electron chi connectivity index (χ4n) is 3.02. The summed E-state index contributed by atoms with van der Waals surface area (Å²) in [5.74, 6) is 1.40. The lowest BCUT2D eigenvalue weighted by Gasteiger charge is -2.21. The van der Waals surface area contributed by atoms with Crippen LogP contribution in [0.4, 0.5) is 0 Å². The van der Waals surface area contributed by atoms with Crippen LogP contribution in [0.3, 0.4) is 0 Å². The van der Waals surface area contributed by atoms with Crippen molar-refractivity contribution < 1.29 is 0 Å². The SMILES string of the molecule is CCCNC1CCC(Sc2ccc(C(C)C)cc2)C1C. The molecule has 2 heteroatoms. The Hall–Kier alpha value is -0.470. The van der Waals surface area contributed by atoms with Gasteiger partial charge < -0.3 is 5.32 Å². The van der Waals surface area contributed by atoms with Crippen molar-refractivity contribution in [2.24, 2.45) is 5.92 Å². The molecule has 0 aromatic heterocycles. The van der Waals surface area contributed by atoms with Gasteiger partial charge in [-0.25, -0.2) is 0 Å². The van der Waals surface area contributed by atoms with Crippen molar-refractivity contribution in [2.45, 2.75) is 69.1 Å². The van der Waals surface area contributed by atoms with Crippen LogP contribution >= 0.6 is 11.8 Å². The zero-order valence-electron chi connectivity index (χ0n) is 13.4. The Kier molecular flexibility index (Phi) is 5.98. The van der Waals surface area contributed by atoms with Gasteiger partial charge >= 0.3 is 0 Å². The third kappa shape index (κ3) is 4.02. The summed E-state index contributed by atoms with van der Waals surface area (Å²) in [5, 5.41) is 4.48. The Morgan fingerprint density at radius 3 is 2.50 bits per heavy atom. The summed E-state index contributed by atoms with van der Waals surface area (Å²) in [7, 11) is 0. The molecule has 20 heavy (non-hydrogen) atoms. The monoisotopic (exact) mass is 291 g/mol. The molecule has 0 heterocycles. The van der Waals surface area contributed by atoms with E-state index >= 15 is 0 Å². The van der Waals surface area contributed by atoms with Crippen LogP contribution in [0.5, 0.6) is 0 Å². The first-order chi connectivity index (χ1) is 9.61. The second kappa shape index (κ2) is 7.51. The smallest absolute Gasteiger partial charge is 0.0135 e. The van der Waals surface area contributed by atoms with Gasteiger partial charge in [-0.2, -0.15) is 0 Å². The Balaban J connectivity index is 1.90. The maximum atomic E-state index is 3.71. The summed E-state index contributed by atoms with van der Waals surface area (Å²) in [6, 6.07) is 9.92. The normalized spacial score (nSPS) is 26.4. The Labute approximate surface area is 128 Å². The van der Waals surface area contributed by atoms with E-state index in [4.69, 9.17) is 0 Å². The molecule has 0 spiro atoms. The van der Waals surface area contributed by atoms with Gasteiger partial charge in [0.15, 0.2) is 0 Å². The highest BCUT2D eigenvalue weighted by atomic mass is 32.2. The third-order valence-corrected chi connectivity index (χ3v) is 5.99. The fraction of sp³-hybridized carbons (Fsp3) is 0.667. The van der Waals surface area contributed by atoms with E-state index in [2.05, 4.69) is 69.0 Å². The topological polar surface area (TPSA) is 12.0 Å². The van der Waals surface area contributed by atoms with Crippen molar-refractivity contribution in [1.82, 2.24) is 5.32 Å². The zero-order chi connectivity index (χ0) is 14.5. The molecule has 0 saturated heterocycles. The van der Waals surface area contributed by atoms with Gasteiger partial charge in [0, 0.05) is 16.2 Å². The van der Waals surface area contributed by atoms with E-state index in [0.29, 0.717) is 5.92 Å². The predicted molar refractivity (Wildman–Crippen MR) is 90.7 cm³/mol. The minimum Gasteiger partial charge on any atom is -0.314 e. The number of thioether (sulfide) groups is 1. The van der Waals surface area contributed by atoms with Crippen LogP contribution in [-0.2, 0) is 0 Å². The molecule has 3 atom stereocenters. The van der Waals surface area contributed by atoms with Crippen molar-refractivity contribution in [3.63, 3.8) is 0 Å². The van der Waals surface area contributed by atoms with Crippen LogP contribution in [0.25, 0.3) is 0 Å². The second-order valence-electron chi connectivity index (χ2n) is 6.38. The van der Waals surface area contributed by atoms with Crippen molar-refractivity contribution in [3.8, 4) is 0 Å². The second-order valence-corrected chi connectivity index (χ2v) is 7.69. The maximum absolute atomic E-state index is 3.71. The lowest BCUT2D eigenvalue weighted by molar-refractivity contribution is 0.432. The molecule has 1 fully saturated rings. The highest BCUT2D eigenvalue weighted by Crippen LogP contribution is 2.39. The number of benzene rings is 1. The maximum Gasteiger partial charge on any atom is 0.0135 e. The molecule has 1 nitrogen and oxygen atoms in total. The van der Waals surface area contributed by atoms with Crippen LogP contribution in [0.1, 0.15) is 58.4 Å². The summed E-state index contributed by atoms with van der Waals surface area (Å²) in [4.78, 5) is 1.43. The molecule has 1 aliphatic carbocycles. The summed E-state index contributed by atoms with van der Waals surface area (Å²) in [5.41, 5.74) is 1.44. The van der Waals surface area contributed by atoms with Crippen LogP contribution < -0.4 is 5.32 Å². The zero-order valence-corrected chi connectivity index (χ0v) is 14.2. The molecule has 112 valence electrons. The van der Waals surface area contributed by atoms with Gasteiger partial charge in [-0.05, 0) is 55.3 Å². The van der Waals surface area contributed by atoms with Crippen LogP contribution in [-0.4, -0.2) is 17.8 Å². The predicted octanol–water partition coefficient (Wildman–Crippen LogP) is 5.07. The van der Waals surface area contributed by atoms with Crippen LogP contribution in [0.2, 0.25) is 0 Å². The average molecular weight is 292 g/mol. The number of nitrogens with one attached hydrogen (secondary N) is 1. The molecule has 0 aliphatic heterocycles. The van der Waals surface area contributed by atoms with Crippen molar-refractivity contribution in [2.75, 3.05) is 6.54 Å². The molecular weight excluding hydrogens is 262 g/mol. The summed E-state index contributed by atoms with van der Waals surface area (Å²) in [6.45, 7) is 10.3. The number of rotatable bonds is 6. The number of hydrogen-bond donors (Lipinski definition) is 1. The molecule has 2 rings (SSSR count). The van der Waals surface area contributed by atoms with Gasteiger partial charge in [-0.15, -0.1) is 11.8 Å². The van der Waals surface area contributed by atoms with Gasteiger partial charge in [0.25, 0.3) is 0 Å². The molecule has 1 aromatic carbocycles.